The van der Waals surface area contributed by atoms with Crippen molar-refractivity contribution in [3.63, 3.8) is 0 Å². The lowest BCUT2D eigenvalue weighted by molar-refractivity contribution is -0.147. The van der Waals surface area contributed by atoms with Crippen LogP contribution >= 0.6 is 11.3 Å². The average molecular weight is 400 g/mol. The lowest BCUT2D eigenvalue weighted by atomic mass is 9.83. The van der Waals surface area contributed by atoms with Crippen LogP contribution in [0.5, 0.6) is 0 Å². The van der Waals surface area contributed by atoms with Crippen LogP contribution in [0, 0.1) is 12.8 Å². The molecule has 2 aliphatic rings. The van der Waals surface area contributed by atoms with Gasteiger partial charge in [-0.15, -0.1) is 11.3 Å². The van der Waals surface area contributed by atoms with Crippen LogP contribution in [0.2, 0.25) is 0 Å². The quantitative estimate of drug-likeness (QED) is 0.781. The molecule has 2 unspecified atom stereocenters. The number of hydrogen-bond acceptors (Lipinski definition) is 4. The second-order valence-electron chi connectivity index (χ2n) is 7.71. The number of piperazine rings is 1. The maximum atomic E-state index is 14.0. The summed E-state index contributed by atoms with van der Waals surface area (Å²) in [5, 5.41) is 0.931. The van der Waals surface area contributed by atoms with Crippen molar-refractivity contribution in [2.24, 2.45) is 5.92 Å². The fourth-order valence-electron chi connectivity index (χ4n) is 4.05. The van der Waals surface area contributed by atoms with Gasteiger partial charge in [-0.05, 0) is 26.7 Å². The van der Waals surface area contributed by atoms with Gasteiger partial charge < -0.3 is 9.80 Å². The number of carbonyl (C=O) groups is 2. The van der Waals surface area contributed by atoms with Gasteiger partial charge in [0.1, 0.15) is 0 Å². The fourth-order valence-corrected chi connectivity index (χ4v) is 4.84. The molecule has 1 aliphatic carbocycles. The van der Waals surface area contributed by atoms with E-state index in [2.05, 4.69) is 4.98 Å². The number of aryl methyl sites for hydroxylation is 1. The normalized spacial score (nSPS) is 25.5. The first kappa shape index (κ1) is 20.2. The number of nitrogens with zero attached hydrogens (tertiary/aromatic N) is 3. The molecular weight excluding hydrogens is 372 g/mol. The van der Waals surface area contributed by atoms with Gasteiger partial charge in [0.25, 0.3) is 5.92 Å². The molecule has 1 saturated carbocycles. The SMILES string of the molecule is Cc1ncc(CC(=O)N2CCN(C(=O)CC3CCCCC3(F)F)CC2C)s1. The molecule has 2 fully saturated rings. The highest BCUT2D eigenvalue weighted by Crippen LogP contribution is 2.40. The molecule has 150 valence electrons. The van der Waals surface area contributed by atoms with E-state index in [1.807, 2.05) is 13.8 Å². The van der Waals surface area contributed by atoms with E-state index < -0.39 is 11.8 Å². The van der Waals surface area contributed by atoms with Crippen molar-refractivity contribution in [1.82, 2.24) is 14.8 Å². The Kier molecular flexibility index (Phi) is 6.13. The maximum Gasteiger partial charge on any atom is 0.251 e. The van der Waals surface area contributed by atoms with Crippen LogP contribution in [0.15, 0.2) is 6.20 Å². The molecular formula is C19H27F2N3O2S. The summed E-state index contributed by atoms with van der Waals surface area (Å²) in [5.74, 6) is -3.76. The zero-order valence-corrected chi connectivity index (χ0v) is 16.7. The lowest BCUT2D eigenvalue weighted by Gasteiger charge is -2.41. The minimum atomic E-state index is -2.73. The summed E-state index contributed by atoms with van der Waals surface area (Å²) >= 11 is 1.51. The van der Waals surface area contributed by atoms with Crippen LogP contribution in [0.4, 0.5) is 8.78 Å². The number of halogens is 2. The van der Waals surface area contributed by atoms with Crippen molar-refractivity contribution in [3.05, 3.63) is 16.1 Å². The summed E-state index contributed by atoms with van der Waals surface area (Å²) < 4.78 is 28.0. The third-order valence-corrected chi connectivity index (χ3v) is 6.54. The van der Waals surface area contributed by atoms with E-state index in [1.165, 1.54) is 11.3 Å². The number of aromatic nitrogens is 1. The zero-order valence-electron chi connectivity index (χ0n) is 15.9. The molecule has 2 atom stereocenters. The Labute approximate surface area is 162 Å². The molecule has 0 bridgehead atoms. The minimum absolute atomic E-state index is 0.0251. The average Bonchev–Trinajstić information content (AvgIpc) is 3.01. The van der Waals surface area contributed by atoms with E-state index in [0.29, 0.717) is 38.9 Å². The van der Waals surface area contributed by atoms with Gasteiger partial charge in [0, 0.05) is 55.5 Å². The molecule has 1 aromatic heterocycles. The maximum absolute atomic E-state index is 14.0. The molecule has 0 N–H and O–H groups in total. The molecule has 1 aliphatic heterocycles. The number of thiazole rings is 1. The van der Waals surface area contributed by atoms with Crippen molar-refractivity contribution < 1.29 is 18.4 Å². The highest BCUT2D eigenvalue weighted by molar-refractivity contribution is 7.11. The van der Waals surface area contributed by atoms with Crippen LogP contribution < -0.4 is 0 Å². The van der Waals surface area contributed by atoms with Gasteiger partial charge in [-0.1, -0.05) is 6.42 Å². The fraction of sp³-hybridized carbons (Fsp3) is 0.737. The number of rotatable bonds is 4. The summed E-state index contributed by atoms with van der Waals surface area (Å²) in [6.45, 7) is 5.08. The topological polar surface area (TPSA) is 53.5 Å². The molecule has 0 aromatic carbocycles. The van der Waals surface area contributed by atoms with Crippen LogP contribution in [0.1, 0.15) is 48.9 Å². The van der Waals surface area contributed by atoms with Crippen LogP contribution in [-0.2, 0) is 16.0 Å². The number of carbonyl (C=O) groups excluding carboxylic acids is 2. The van der Waals surface area contributed by atoms with Gasteiger partial charge >= 0.3 is 0 Å². The minimum Gasteiger partial charge on any atom is -0.339 e. The summed E-state index contributed by atoms with van der Waals surface area (Å²) in [4.78, 5) is 33.7. The van der Waals surface area contributed by atoms with Crippen molar-refractivity contribution in [2.45, 2.75) is 64.3 Å². The molecule has 0 spiro atoms. The summed E-state index contributed by atoms with van der Waals surface area (Å²) in [5.41, 5.74) is 0. The smallest absolute Gasteiger partial charge is 0.251 e. The monoisotopic (exact) mass is 399 g/mol. The molecule has 8 heteroatoms. The number of hydrogen-bond donors (Lipinski definition) is 0. The van der Waals surface area contributed by atoms with E-state index in [-0.39, 0.29) is 30.7 Å². The van der Waals surface area contributed by atoms with Gasteiger partial charge in [0.05, 0.1) is 11.4 Å². The first-order valence-corrected chi connectivity index (χ1v) is 10.4. The van der Waals surface area contributed by atoms with Crippen molar-refractivity contribution in [1.29, 1.82) is 0 Å². The Morgan fingerprint density at radius 2 is 2.07 bits per heavy atom. The van der Waals surface area contributed by atoms with Crippen LogP contribution in [-0.4, -0.2) is 58.2 Å². The highest BCUT2D eigenvalue weighted by atomic mass is 32.1. The molecule has 2 amide bonds. The molecule has 3 rings (SSSR count). The predicted octanol–water partition coefficient (Wildman–Crippen LogP) is 3.27. The standard InChI is InChI=1S/C19H27F2N3O2S/c1-13-12-23(17(25)9-15-5-3-4-6-19(15,20)21)7-8-24(13)18(26)10-16-11-22-14(2)27-16/h11,13,15H,3-10,12H2,1-2H3. The van der Waals surface area contributed by atoms with Crippen molar-refractivity contribution >= 4 is 23.2 Å². The Hall–Kier alpha value is -1.57. The van der Waals surface area contributed by atoms with Gasteiger partial charge in [-0.3, -0.25) is 9.59 Å². The highest BCUT2D eigenvalue weighted by Gasteiger charge is 2.43. The molecule has 1 saturated heterocycles. The van der Waals surface area contributed by atoms with E-state index >= 15 is 0 Å². The van der Waals surface area contributed by atoms with E-state index in [9.17, 15) is 18.4 Å². The number of amides is 2. The van der Waals surface area contributed by atoms with Crippen LogP contribution in [0.25, 0.3) is 0 Å². The third kappa shape index (κ3) is 4.83. The number of alkyl halides is 2. The van der Waals surface area contributed by atoms with Gasteiger partial charge in [0.15, 0.2) is 0 Å². The first-order chi connectivity index (χ1) is 12.8. The summed E-state index contributed by atoms with van der Waals surface area (Å²) in [6, 6.07) is -0.115. The van der Waals surface area contributed by atoms with Crippen molar-refractivity contribution in [2.75, 3.05) is 19.6 Å². The summed E-state index contributed by atoms with van der Waals surface area (Å²) in [7, 11) is 0. The third-order valence-electron chi connectivity index (χ3n) is 5.63. The Balaban J connectivity index is 1.53. The lowest BCUT2D eigenvalue weighted by Crippen LogP contribution is -2.56. The molecule has 2 heterocycles. The van der Waals surface area contributed by atoms with Gasteiger partial charge in [0.2, 0.25) is 11.8 Å². The Morgan fingerprint density at radius 3 is 2.70 bits per heavy atom. The zero-order chi connectivity index (χ0) is 19.6. The van der Waals surface area contributed by atoms with Gasteiger partial charge in [-0.25, -0.2) is 13.8 Å². The van der Waals surface area contributed by atoms with Crippen molar-refractivity contribution in [3.8, 4) is 0 Å². The van der Waals surface area contributed by atoms with E-state index in [4.69, 9.17) is 0 Å². The largest absolute Gasteiger partial charge is 0.339 e. The Morgan fingerprint density at radius 1 is 1.30 bits per heavy atom. The molecule has 5 nitrogen and oxygen atoms in total. The van der Waals surface area contributed by atoms with E-state index in [0.717, 1.165) is 16.3 Å². The second-order valence-corrected chi connectivity index (χ2v) is 9.03. The molecule has 0 radical (unpaired) electrons. The van der Waals surface area contributed by atoms with Gasteiger partial charge in [-0.2, -0.15) is 0 Å². The molecule has 27 heavy (non-hydrogen) atoms. The second kappa shape index (κ2) is 8.20. The molecule has 1 aromatic rings. The summed E-state index contributed by atoms with van der Waals surface area (Å²) in [6.07, 6.45) is 3.57. The van der Waals surface area contributed by atoms with Crippen LogP contribution in [0.3, 0.4) is 0 Å². The van der Waals surface area contributed by atoms with E-state index in [1.54, 1.807) is 16.0 Å². The first-order valence-electron chi connectivity index (χ1n) is 9.62. The Bertz CT molecular complexity index is 694. The predicted molar refractivity (Wildman–Crippen MR) is 99.8 cm³/mol.